The number of benzene rings is 1. The fourth-order valence-corrected chi connectivity index (χ4v) is 3.43. The Morgan fingerprint density at radius 1 is 1.04 bits per heavy atom. The van der Waals surface area contributed by atoms with Crippen LogP contribution >= 0.6 is 0 Å². The van der Waals surface area contributed by atoms with Crippen LogP contribution in [0.3, 0.4) is 0 Å². The minimum Gasteiger partial charge on any atom is -0.481 e. The van der Waals surface area contributed by atoms with Gasteiger partial charge in [0.2, 0.25) is 5.91 Å². The molecule has 0 unspecified atom stereocenters. The van der Waals surface area contributed by atoms with Crippen LogP contribution < -0.4 is 10.9 Å². The number of nitrogens with one attached hydrogen (secondary N) is 2. The molecule has 2 aliphatic carbocycles. The first-order valence-corrected chi connectivity index (χ1v) is 7.25. The molecule has 4 atom stereocenters. The van der Waals surface area contributed by atoms with Crippen molar-refractivity contribution in [2.75, 3.05) is 0 Å². The Bertz CT molecular complexity index is 703. The molecule has 6 nitrogen and oxygen atoms in total. The van der Waals surface area contributed by atoms with E-state index in [4.69, 9.17) is 0 Å². The molecule has 23 heavy (non-hydrogen) atoms. The van der Waals surface area contributed by atoms with E-state index in [-0.39, 0.29) is 17.4 Å². The summed E-state index contributed by atoms with van der Waals surface area (Å²) < 4.78 is 13.5. The molecule has 3 rings (SSSR count). The van der Waals surface area contributed by atoms with E-state index >= 15 is 0 Å². The molecule has 0 aliphatic heterocycles. The summed E-state index contributed by atoms with van der Waals surface area (Å²) in [6.45, 7) is 0. The zero-order valence-electron chi connectivity index (χ0n) is 12.0. The number of allylic oxidation sites excluding steroid dienone is 2. The Morgan fingerprint density at radius 2 is 1.70 bits per heavy atom. The van der Waals surface area contributed by atoms with Crippen LogP contribution in [-0.2, 0) is 9.59 Å². The summed E-state index contributed by atoms with van der Waals surface area (Å²) in [6, 6.07) is 5.37. The number of hydrogen-bond acceptors (Lipinski definition) is 3. The average molecular weight is 318 g/mol. The largest absolute Gasteiger partial charge is 0.481 e. The van der Waals surface area contributed by atoms with Gasteiger partial charge in [-0.2, -0.15) is 0 Å². The van der Waals surface area contributed by atoms with E-state index in [1.54, 1.807) is 0 Å². The van der Waals surface area contributed by atoms with Crippen molar-refractivity contribution in [2.45, 2.75) is 6.42 Å². The van der Waals surface area contributed by atoms with Gasteiger partial charge < -0.3 is 5.11 Å². The van der Waals surface area contributed by atoms with Crippen LogP contribution in [0.4, 0.5) is 4.39 Å². The van der Waals surface area contributed by atoms with Gasteiger partial charge in [-0.3, -0.25) is 25.2 Å². The van der Waals surface area contributed by atoms with Crippen LogP contribution in [0, 0.1) is 29.5 Å². The maximum absolute atomic E-state index is 13.5. The Labute approximate surface area is 131 Å². The van der Waals surface area contributed by atoms with Gasteiger partial charge in [-0.1, -0.05) is 24.3 Å². The second-order valence-electron chi connectivity index (χ2n) is 5.76. The number of rotatable bonds is 3. The molecule has 2 amide bonds. The summed E-state index contributed by atoms with van der Waals surface area (Å²) in [5.41, 5.74) is 4.16. The predicted octanol–water partition coefficient (Wildman–Crippen LogP) is 1.11. The SMILES string of the molecule is O=C(NNC(=O)[C@@H]1[C@@H](C(=O)O)[C@H]2C=C[C@H]1C2)c1ccccc1F. The van der Waals surface area contributed by atoms with Crippen LogP contribution in [-0.4, -0.2) is 22.9 Å². The highest BCUT2D eigenvalue weighted by Crippen LogP contribution is 2.48. The molecule has 1 saturated carbocycles. The number of carbonyl (C=O) groups is 3. The summed E-state index contributed by atoms with van der Waals surface area (Å²) in [4.78, 5) is 35.5. The fraction of sp³-hybridized carbons (Fsp3) is 0.312. The molecule has 0 radical (unpaired) electrons. The molecule has 2 bridgehead atoms. The lowest BCUT2D eigenvalue weighted by molar-refractivity contribution is -0.148. The van der Waals surface area contributed by atoms with Crippen molar-refractivity contribution in [2.24, 2.45) is 23.7 Å². The summed E-state index contributed by atoms with van der Waals surface area (Å²) in [5.74, 6) is -4.92. The van der Waals surface area contributed by atoms with E-state index in [0.29, 0.717) is 6.42 Å². The van der Waals surface area contributed by atoms with E-state index in [0.717, 1.165) is 6.07 Å². The first-order chi connectivity index (χ1) is 11.0. The van der Waals surface area contributed by atoms with Gasteiger partial charge in [0, 0.05) is 0 Å². The smallest absolute Gasteiger partial charge is 0.307 e. The van der Waals surface area contributed by atoms with Crippen molar-refractivity contribution in [1.29, 1.82) is 0 Å². The van der Waals surface area contributed by atoms with Crippen molar-refractivity contribution in [3.05, 3.63) is 47.8 Å². The highest BCUT2D eigenvalue weighted by atomic mass is 19.1. The number of fused-ring (bicyclic) bond motifs is 2. The number of aliphatic carboxylic acids is 1. The minimum absolute atomic E-state index is 0.147. The Morgan fingerprint density at radius 3 is 2.35 bits per heavy atom. The van der Waals surface area contributed by atoms with E-state index < -0.39 is 35.4 Å². The number of carboxylic acids is 1. The van der Waals surface area contributed by atoms with Gasteiger partial charge in [-0.25, -0.2) is 4.39 Å². The van der Waals surface area contributed by atoms with Crippen LogP contribution in [0.25, 0.3) is 0 Å². The van der Waals surface area contributed by atoms with Gasteiger partial charge in [0.15, 0.2) is 0 Å². The zero-order chi connectivity index (χ0) is 16.6. The van der Waals surface area contributed by atoms with Gasteiger partial charge in [0.1, 0.15) is 5.82 Å². The van der Waals surface area contributed by atoms with Crippen LogP contribution in [0.1, 0.15) is 16.8 Å². The molecule has 1 aromatic carbocycles. The fourth-order valence-electron chi connectivity index (χ4n) is 3.43. The molecule has 2 aliphatic rings. The zero-order valence-corrected chi connectivity index (χ0v) is 12.0. The van der Waals surface area contributed by atoms with Crippen molar-refractivity contribution >= 4 is 17.8 Å². The molecular weight excluding hydrogens is 303 g/mol. The lowest BCUT2D eigenvalue weighted by Crippen LogP contribution is -2.48. The standard InChI is InChI=1S/C16H15FN2O4/c17-11-4-2-1-3-10(11)14(20)18-19-15(21)12-8-5-6-9(7-8)13(12)16(22)23/h1-6,8-9,12-13H,7H2,(H,18,20)(H,19,21)(H,22,23)/t8-,9-,12-,13-/m0/s1. The first kappa shape index (κ1) is 15.2. The van der Waals surface area contributed by atoms with Gasteiger partial charge in [-0.05, 0) is 30.4 Å². The number of carboxylic acid groups (broad SMARTS) is 1. The third-order valence-electron chi connectivity index (χ3n) is 4.46. The normalized spacial score (nSPS) is 27.7. The van der Waals surface area contributed by atoms with Gasteiger partial charge >= 0.3 is 5.97 Å². The summed E-state index contributed by atoms with van der Waals surface area (Å²) in [5, 5.41) is 9.30. The quantitative estimate of drug-likeness (QED) is 0.575. The Balaban J connectivity index is 1.66. The van der Waals surface area contributed by atoms with Crippen molar-refractivity contribution < 1.29 is 23.9 Å². The summed E-state index contributed by atoms with van der Waals surface area (Å²) in [6.07, 6.45) is 4.29. The molecule has 0 aromatic heterocycles. The second kappa shape index (κ2) is 5.83. The van der Waals surface area contributed by atoms with Crippen molar-refractivity contribution in [3.63, 3.8) is 0 Å². The highest BCUT2D eigenvalue weighted by Gasteiger charge is 2.51. The Kier molecular flexibility index (Phi) is 3.85. The topological polar surface area (TPSA) is 95.5 Å². The molecule has 3 N–H and O–H groups in total. The third kappa shape index (κ3) is 2.69. The number of hydrazine groups is 1. The van der Waals surface area contributed by atoms with E-state index in [9.17, 15) is 23.9 Å². The third-order valence-corrected chi connectivity index (χ3v) is 4.46. The summed E-state index contributed by atoms with van der Waals surface area (Å²) >= 11 is 0. The monoisotopic (exact) mass is 318 g/mol. The molecule has 0 saturated heterocycles. The molecule has 0 heterocycles. The van der Waals surface area contributed by atoms with E-state index in [2.05, 4.69) is 10.9 Å². The van der Waals surface area contributed by atoms with E-state index in [1.165, 1.54) is 18.2 Å². The van der Waals surface area contributed by atoms with Crippen LogP contribution in [0.15, 0.2) is 36.4 Å². The van der Waals surface area contributed by atoms with Gasteiger partial charge in [0.25, 0.3) is 5.91 Å². The number of carbonyl (C=O) groups excluding carboxylic acids is 2. The maximum Gasteiger partial charge on any atom is 0.307 e. The number of halogens is 1. The van der Waals surface area contributed by atoms with Crippen LogP contribution in [0.5, 0.6) is 0 Å². The first-order valence-electron chi connectivity index (χ1n) is 7.25. The lowest BCUT2D eigenvalue weighted by atomic mass is 9.82. The minimum atomic E-state index is -1.03. The van der Waals surface area contributed by atoms with Crippen molar-refractivity contribution in [1.82, 2.24) is 10.9 Å². The number of hydrogen-bond donors (Lipinski definition) is 3. The molecule has 1 fully saturated rings. The lowest BCUT2D eigenvalue weighted by Gasteiger charge is -2.23. The van der Waals surface area contributed by atoms with E-state index in [1.807, 2.05) is 12.2 Å². The van der Waals surface area contributed by atoms with Crippen molar-refractivity contribution in [3.8, 4) is 0 Å². The molecule has 0 spiro atoms. The maximum atomic E-state index is 13.5. The molecule has 7 heteroatoms. The van der Waals surface area contributed by atoms with Gasteiger partial charge in [-0.15, -0.1) is 0 Å². The highest BCUT2D eigenvalue weighted by molar-refractivity contribution is 5.96. The predicted molar refractivity (Wildman–Crippen MR) is 77.4 cm³/mol. The molecule has 1 aromatic rings. The second-order valence-corrected chi connectivity index (χ2v) is 5.76. The van der Waals surface area contributed by atoms with Crippen LogP contribution in [0.2, 0.25) is 0 Å². The summed E-state index contributed by atoms with van der Waals surface area (Å²) in [7, 11) is 0. The number of amides is 2. The Hall–Kier alpha value is -2.70. The van der Waals surface area contributed by atoms with Gasteiger partial charge in [0.05, 0.1) is 17.4 Å². The molecular formula is C16H15FN2O4. The average Bonchev–Trinajstić information content (AvgIpc) is 3.13. The molecule has 120 valence electrons.